The molecule has 0 radical (unpaired) electrons. The Hall–Kier alpha value is -3.50. The fourth-order valence-electron chi connectivity index (χ4n) is 2.61. The molecule has 1 aromatic carbocycles. The van der Waals surface area contributed by atoms with Gasteiger partial charge in [0.05, 0.1) is 0 Å². The Balaban J connectivity index is 1.80. The van der Waals surface area contributed by atoms with Crippen LogP contribution in [0.1, 0.15) is 12.7 Å². The molecule has 4 rings (SSSR count). The van der Waals surface area contributed by atoms with Gasteiger partial charge in [-0.2, -0.15) is 9.50 Å². The Morgan fingerprint density at radius 1 is 1.11 bits per heavy atom. The van der Waals surface area contributed by atoms with E-state index in [2.05, 4.69) is 25.0 Å². The molecule has 0 aliphatic carbocycles. The van der Waals surface area contributed by atoms with Crippen molar-refractivity contribution in [3.8, 4) is 11.4 Å². The molecule has 0 saturated carbocycles. The van der Waals surface area contributed by atoms with E-state index in [4.69, 9.17) is 0 Å². The molecule has 0 unspecified atom stereocenters. The number of aromatic nitrogens is 6. The standard InChI is InChI=1S/C16H11F3N6O2/c1-2-12-20-15-22-21-13-11(25(15)23-12)7-8-24(14(13)26)9-3-5-10(6-4-9)27-16(17,18)19/h3-8H,2H2,1H3. The third-order valence-corrected chi connectivity index (χ3v) is 3.81. The normalized spacial score (nSPS) is 12.0. The molecular formula is C16H11F3N6O2. The largest absolute Gasteiger partial charge is 0.573 e. The van der Waals surface area contributed by atoms with E-state index in [1.165, 1.54) is 27.4 Å². The number of hydrogen-bond donors (Lipinski definition) is 0. The number of benzene rings is 1. The SMILES string of the molecule is CCc1nc2nnc3c(=O)n(-c4ccc(OC(F)(F)F)cc4)ccc3n2n1. The van der Waals surface area contributed by atoms with Crippen LogP contribution in [-0.4, -0.2) is 35.7 Å². The Kier molecular flexibility index (Phi) is 3.79. The predicted molar refractivity (Wildman–Crippen MR) is 87.7 cm³/mol. The van der Waals surface area contributed by atoms with Crippen LogP contribution in [-0.2, 0) is 6.42 Å². The molecule has 0 fully saturated rings. The van der Waals surface area contributed by atoms with Crippen molar-refractivity contribution in [2.24, 2.45) is 0 Å². The first-order valence-corrected chi connectivity index (χ1v) is 7.85. The number of nitrogens with zero attached hydrogens (tertiary/aromatic N) is 6. The van der Waals surface area contributed by atoms with Crippen LogP contribution < -0.4 is 10.3 Å². The van der Waals surface area contributed by atoms with Gasteiger partial charge in [0.2, 0.25) is 0 Å². The van der Waals surface area contributed by atoms with Crippen LogP contribution in [0.15, 0.2) is 41.3 Å². The minimum absolute atomic E-state index is 0.0631. The first-order valence-electron chi connectivity index (χ1n) is 7.85. The van der Waals surface area contributed by atoms with Crippen LogP contribution in [0, 0.1) is 0 Å². The molecule has 0 saturated heterocycles. The van der Waals surface area contributed by atoms with E-state index in [9.17, 15) is 18.0 Å². The third-order valence-electron chi connectivity index (χ3n) is 3.81. The number of fused-ring (bicyclic) bond motifs is 3. The number of halogens is 3. The predicted octanol–water partition coefficient (Wildman–Crippen LogP) is 2.28. The summed E-state index contributed by atoms with van der Waals surface area (Å²) >= 11 is 0. The zero-order valence-electron chi connectivity index (χ0n) is 13.8. The number of alkyl halides is 3. The summed E-state index contributed by atoms with van der Waals surface area (Å²) in [6.45, 7) is 1.89. The highest BCUT2D eigenvalue weighted by molar-refractivity contribution is 5.74. The lowest BCUT2D eigenvalue weighted by atomic mass is 10.3. The minimum atomic E-state index is -4.78. The van der Waals surface area contributed by atoms with E-state index in [0.717, 1.165) is 12.1 Å². The topological polar surface area (TPSA) is 87.2 Å². The zero-order valence-corrected chi connectivity index (χ0v) is 13.8. The molecule has 3 aromatic heterocycles. The molecule has 138 valence electrons. The average Bonchev–Trinajstić information content (AvgIpc) is 3.05. The van der Waals surface area contributed by atoms with Crippen molar-refractivity contribution in [2.75, 3.05) is 0 Å². The molecule has 0 aliphatic rings. The van der Waals surface area contributed by atoms with Gasteiger partial charge in [0.25, 0.3) is 11.3 Å². The van der Waals surface area contributed by atoms with E-state index in [1.807, 2.05) is 6.92 Å². The van der Waals surface area contributed by atoms with Gasteiger partial charge < -0.3 is 4.74 Å². The van der Waals surface area contributed by atoms with Gasteiger partial charge in [-0.05, 0) is 30.3 Å². The number of aryl methyl sites for hydroxylation is 1. The second-order valence-corrected chi connectivity index (χ2v) is 5.56. The molecule has 11 heteroatoms. The zero-order chi connectivity index (χ0) is 19.2. The van der Waals surface area contributed by atoms with Gasteiger partial charge >= 0.3 is 6.36 Å². The number of rotatable bonds is 3. The molecule has 8 nitrogen and oxygen atoms in total. The Morgan fingerprint density at radius 3 is 2.52 bits per heavy atom. The summed E-state index contributed by atoms with van der Waals surface area (Å²) < 4.78 is 43.3. The van der Waals surface area contributed by atoms with E-state index >= 15 is 0 Å². The second kappa shape index (κ2) is 6.04. The van der Waals surface area contributed by atoms with Gasteiger partial charge in [0.1, 0.15) is 11.3 Å². The summed E-state index contributed by atoms with van der Waals surface area (Å²) in [7, 11) is 0. The van der Waals surface area contributed by atoms with Crippen LogP contribution in [0.3, 0.4) is 0 Å². The summed E-state index contributed by atoms with van der Waals surface area (Å²) in [6, 6.07) is 6.54. The Labute approximate surface area is 148 Å². The number of ether oxygens (including phenoxy) is 1. The van der Waals surface area contributed by atoms with Gasteiger partial charge in [-0.3, -0.25) is 9.36 Å². The maximum Gasteiger partial charge on any atom is 0.573 e. The Bertz CT molecular complexity index is 1200. The van der Waals surface area contributed by atoms with Crippen molar-refractivity contribution in [3.05, 3.63) is 52.7 Å². The Morgan fingerprint density at radius 2 is 1.85 bits per heavy atom. The fourth-order valence-corrected chi connectivity index (χ4v) is 2.61. The summed E-state index contributed by atoms with van der Waals surface area (Å²) in [5, 5.41) is 12.1. The maximum atomic E-state index is 12.8. The van der Waals surface area contributed by atoms with Gasteiger partial charge in [-0.25, -0.2) is 0 Å². The molecule has 0 amide bonds. The van der Waals surface area contributed by atoms with Crippen molar-refractivity contribution >= 4 is 16.8 Å². The maximum absolute atomic E-state index is 12.8. The van der Waals surface area contributed by atoms with Gasteiger partial charge in [-0.1, -0.05) is 6.92 Å². The number of hydrogen-bond acceptors (Lipinski definition) is 6. The molecule has 0 aliphatic heterocycles. The highest BCUT2D eigenvalue weighted by Gasteiger charge is 2.31. The molecule has 4 aromatic rings. The van der Waals surface area contributed by atoms with E-state index in [-0.39, 0.29) is 17.0 Å². The smallest absolute Gasteiger partial charge is 0.406 e. The summed E-state index contributed by atoms with van der Waals surface area (Å²) in [6.07, 6.45) is -2.69. The van der Waals surface area contributed by atoms with Gasteiger partial charge in [0.15, 0.2) is 11.3 Å². The molecule has 0 N–H and O–H groups in total. The highest BCUT2D eigenvalue weighted by Crippen LogP contribution is 2.23. The third kappa shape index (κ3) is 3.07. The lowest BCUT2D eigenvalue weighted by Gasteiger charge is -2.10. The second-order valence-electron chi connectivity index (χ2n) is 5.56. The van der Waals surface area contributed by atoms with Crippen molar-refractivity contribution in [1.82, 2.24) is 29.4 Å². The van der Waals surface area contributed by atoms with Crippen molar-refractivity contribution < 1.29 is 17.9 Å². The first kappa shape index (κ1) is 16.9. The van der Waals surface area contributed by atoms with Crippen LogP contribution in [0.25, 0.3) is 22.5 Å². The first-order chi connectivity index (χ1) is 12.9. The van der Waals surface area contributed by atoms with Gasteiger partial charge in [-0.15, -0.1) is 28.5 Å². The van der Waals surface area contributed by atoms with Gasteiger partial charge in [0, 0.05) is 18.3 Å². The van der Waals surface area contributed by atoms with Crippen molar-refractivity contribution in [2.45, 2.75) is 19.7 Å². The molecular weight excluding hydrogens is 365 g/mol. The van der Waals surface area contributed by atoms with E-state index in [0.29, 0.717) is 23.4 Å². The molecule has 0 atom stereocenters. The summed E-state index contributed by atoms with van der Waals surface area (Å²) in [5.74, 6) is 0.475. The lowest BCUT2D eigenvalue weighted by molar-refractivity contribution is -0.274. The monoisotopic (exact) mass is 376 g/mol. The van der Waals surface area contributed by atoms with E-state index in [1.54, 1.807) is 6.07 Å². The number of pyridine rings is 1. The summed E-state index contributed by atoms with van der Waals surface area (Å²) in [5.41, 5.74) is 0.366. The quantitative estimate of drug-likeness (QED) is 0.545. The lowest BCUT2D eigenvalue weighted by Crippen LogP contribution is -2.20. The molecule has 3 heterocycles. The fraction of sp³-hybridized carbons (Fsp3) is 0.188. The van der Waals surface area contributed by atoms with Crippen molar-refractivity contribution in [3.63, 3.8) is 0 Å². The highest BCUT2D eigenvalue weighted by atomic mass is 19.4. The van der Waals surface area contributed by atoms with Crippen LogP contribution in [0.4, 0.5) is 13.2 Å². The molecule has 27 heavy (non-hydrogen) atoms. The van der Waals surface area contributed by atoms with Crippen LogP contribution in [0.2, 0.25) is 0 Å². The summed E-state index contributed by atoms with van der Waals surface area (Å²) in [4.78, 5) is 16.9. The van der Waals surface area contributed by atoms with Crippen LogP contribution in [0.5, 0.6) is 5.75 Å². The minimum Gasteiger partial charge on any atom is -0.406 e. The van der Waals surface area contributed by atoms with Crippen LogP contribution >= 0.6 is 0 Å². The molecule has 0 bridgehead atoms. The average molecular weight is 376 g/mol. The van der Waals surface area contributed by atoms with E-state index < -0.39 is 11.9 Å². The molecule has 0 spiro atoms. The van der Waals surface area contributed by atoms with Crippen molar-refractivity contribution in [1.29, 1.82) is 0 Å².